The minimum Gasteiger partial charge on any atom is -0.497 e. The molecule has 0 aliphatic rings. The van der Waals surface area contributed by atoms with Gasteiger partial charge >= 0.3 is 0 Å². The second kappa shape index (κ2) is 5.83. The van der Waals surface area contributed by atoms with Gasteiger partial charge in [0.1, 0.15) is 17.3 Å². The summed E-state index contributed by atoms with van der Waals surface area (Å²) < 4.78 is 12.0. The Morgan fingerprint density at radius 1 is 1.26 bits per heavy atom. The van der Waals surface area contributed by atoms with Crippen LogP contribution in [0.4, 0.5) is 0 Å². The maximum absolute atomic E-state index is 5.81. The van der Waals surface area contributed by atoms with Crippen LogP contribution in [0.15, 0.2) is 23.4 Å². The molecule has 1 aromatic carbocycles. The van der Waals surface area contributed by atoms with Crippen LogP contribution in [0.2, 0.25) is 0 Å². The third kappa shape index (κ3) is 2.93. The largest absolute Gasteiger partial charge is 0.497 e. The highest BCUT2D eigenvalue weighted by atomic mass is 32.2. The number of nitrogens with two attached hydrogens (primary N) is 1. The average Bonchev–Trinajstić information content (AvgIpc) is 2.76. The summed E-state index contributed by atoms with van der Waals surface area (Å²) in [5.41, 5.74) is 1.02. The number of rotatable bonds is 5. The van der Waals surface area contributed by atoms with Crippen molar-refractivity contribution >= 4 is 11.8 Å². The van der Waals surface area contributed by atoms with Gasteiger partial charge in [-0.25, -0.2) is 4.68 Å². The maximum Gasteiger partial charge on any atom is 0.210 e. The molecular weight excluding hydrogens is 264 g/mol. The Hall–Kier alpha value is -1.89. The molecule has 0 aliphatic heterocycles. The summed E-state index contributed by atoms with van der Waals surface area (Å²) in [6.07, 6.45) is 0. The summed E-state index contributed by atoms with van der Waals surface area (Å²) in [6, 6.07) is 5.69. The zero-order valence-electron chi connectivity index (χ0n) is 11.1. The number of nitrogen functional groups attached to an aromatic ring is 1. The molecule has 0 amide bonds. The van der Waals surface area contributed by atoms with Crippen LogP contribution in [0.5, 0.6) is 11.5 Å². The number of nitrogens with zero attached hydrogens (tertiary/aromatic N) is 3. The Bertz CT molecular complexity index is 571. The molecule has 0 aliphatic carbocycles. The lowest BCUT2D eigenvalue weighted by Crippen LogP contribution is -2.11. The normalized spacial score (nSPS) is 10.5. The van der Waals surface area contributed by atoms with Gasteiger partial charge in [-0.05, 0) is 25.1 Å². The van der Waals surface area contributed by atoms with Crippen molar-refractivity contribution in [2.24, 2.45) is 0 Å². The van der Waals surface area contributed by atoms with Crippen molar-refractivity contribution in [2.75, 3.05) is 20.1 Å². The first-order valence-electron chi connectivity index (χ1n) is 5.66. The zero-order chi connectivity index (χ0) is 13.8. The fraction of sp³-hybridized carbons (Fsp3) is 0.333. The zero-order valence-corrected chi connectivity index (χ0v) is 11.9. The quantitative estimate of drug-likeness (QED) is 0.662. The van der Waals surface area contributed by atoms with Gasteiger partial charge < -0.3 is 15.3 Å². The van der Waals surface area contributed by atoms with Gasteiger partial charge in [0.05, 0.1) is 14.2 Å². The molecule has 2 N–H and O–H groups in total. The molecule has 0 bridgehead atoms. The number of benzene rings is 1. The third-order valence-corrected chi connectivity index (χ3v) is 3.67. The Morgan fingerprint density at radius 3 is 2.63 bits per heavy atom. The predicted octanol–water partition coefficient (Wildman–Crippen LogP) is 1.61. The minimum absolute atomic E-state index is 0.669. The Labute approximate surface area is 115 Å². The van der Waals surface area contributed by atoms with Gasteiger partial charge in [0.15, 0.2) is 0 Å². The van der Waals surface area contributed by atoms with Crippen molar-refractivity contribution in [2.45, 2.75) is 17.8 Å². The van der Waals surface area contributed by atoms with E-state index in [0.29, 0.717) is 16.7 Å². The summed E-state index contributed by atoms with van der Waals surface area (Å²) in [5, 5.41) is 8.59. The molecule has 1 heterocycles. The summed E-state index contributed by atoms with van der Waals surface area (Å²) in [6.45, 7) is 1.81. The van der Waals surface area contributed by atoms with E-state index in [2.05, 4.69) is 10.2 Å². The Balaban J connectivity index is 2.16. The van der Waals surface area contributed by atoms with Crippen molar-refractivity contribution in [3.63, 3.8) is 0 Å². The second-order valence-electron chi connectivity index (χ2n) is 3.87. The van der Waals surface area contributed by atoms with Gasteiger partial charge in [0.25, 0.3) is 0 Å². The van der Waals surface area contributed by atoms with Crippen LogP contribution in [-0.2, 0) is 5.75 Å². The molecule has 0 fully saturated rings. The first kappa shape index (κ1) is 13.5. The molecule has 0 saturated heterocycles. The maximum atomic E-state index is 5.81. The minimum atomic E-state index is 0.669. The molecule has 0 radical (unpaired) electrons. The number of aryl methyl sites for hydroxylation is 1. The van der Waals surface area contributed by atoms with Gasteiger partial charge in [-0.15, -0.1) is 10.2 Å². The number of aromatic nitrogens is 3. The lowest BCUT2D eigenvalue weighted by Gasteiger charge is -2.09. The van der Waals surface area contributed by atoms with Crippen molar-refractivity contribution < 1.29 is 9.47 Å². The van der Waals surface area contributed by atoms with Crippen LogP contribution in [0.3, 0.4) is 0 Å². The lowest BCUT2D eigenvalue weighted by molar-refractivity contribution is 0.400. The van der Waals surface area contributed by atoms with Crippen LogP contribution in [-0.4, -0.2) is 29.1 Å². The highest BCUT2D eigenvalue weighted by Gasteiger charge is 2.10. The van der Waals surface area contributed by atoms with E-state index in [4.69, 9.17) is 15.3 Å². The summed E-state index contributed by atoms with van der Waals surface area (Å²) in [4.78, 5) is 0. The van der Waals surface area contributed by atoms with Crippen LogP contribution < -0.4 is 15.3 Å². The van der Waals surface area contributed by atoms with E-state index >= 15 is 0 Å². The summed E-state index contributed by atoms with van der Waals surface area (Å²) in [5.74, 6) is 8.77. The first-order chi connectivity index (χ1) is 9.15. The molecule has 0 saturated carbocycles. The highest BCUT2D eigenvalue weighted by Crippen LogP contribution is 2.29. The van der Waals surface area contributed by atoms with Crippen molar-refractivity contribution in [1.29, 1.82) is 0 Å². The number of ether oxygens (including phenoxy) is 2. The van der Waals surface area contributed by atoms with E-state index in [1.807, 2.05) is 25.1 Å². The molecule has 102 valence electrons. The number of hydrogen-bond donors (Lipinski definition) is 1. The fourth-order valence-corrected chi connectivity index (χ4v) is 2.47. The van der Waals surface area contributed by atoms with Gasteiger partial charge in [-0.2, -0.15) is 0 Å². The van der Waals surface area contributed by atoms with Crippen molar-refractivity contribution in [1.82, 2.24) is 14.9 Å². The highest BCUT2D eigenvalue weighted by molar-refractivity contribution is 7.98. The van der Waals surface area contributed by atoms with E-state index in [1.54, 1.807) is 14.2 Å². The summed E-state index contributed by atoms with van der Waals surface area (Å²) >= 11 is 1.50. The SMILES string of the molecule is COc1ccc(OC)c(CSc2nnc(C)n2N)c1. The Kier molecular flexibility index (Phi) is 4.16. The van der Waals surface area contributed by atoms with E-state index < -0.39 is 0 Å². The number of hydrogen-bond acceptors (Lipinski definition) is 6. The molecule has 0 unspecified atom stereocenters. The molecule has 0 spiro atoms. The Morgan fingerprint density at radius 2 is 2.05 bits per heavy atom. The third-order valence-electron chi connectivity index (χ3n) is 2.68. The topological polar surface area (TPSA) is 75.2 Å². The van der Waals surface area contributed by atoms with Crippen LogP contribution >= 0.6 is 11.8 Å². The van der Waals surface area contributed by atoms with Gasteiger partial charge in [-0.1, -0.05) is 11.8 Å². The van der Waals surface area contributed by atoms with Crippen LogP contribution in [0.1, 0.15) is 11.4 Å². The summed E-state index contributed by atoms with van der Waals surface area (Å²) in [7, 11) is 3.28. The van der Waals surface area contributed by atoms with Gasteiger partial charge in [0, 0.05) is 11.3 Å². The van der Waals surface area contributed by atoms with Crippen LogP contribution in [0.25, 0.3) is 0 Å². The molecule has 6 nitrogen and oxygen atoms in total. The predicted molar refractivity (Wildman–Crippen MR) is 74.0 cm³/mol. The molecular formula is C12H16N4O2S. The monoisotopic (exact) mass is 280 g/mol. The van der Waals surface area contributed by atoms with Gasteiger partial charge in [-0.3, -0.25) is 0 Å². The van der Waals surface area contributed by atoms with Crippen molar-refractivity contribution in [3.05, 3.63) is 29.6 Å². The lowest BCUT2D eigenvalue weighted by atomic mass is 10.2. The first-order valence-corrected chi connectivity index (χ1v) is 6.65. The standard InChI is InChI=1S/C12H16N4O2S/c1-8-14-15-12(16(8)13)19-7-9-6-10(17-2)4-5-11(9)18-3/h4-6H,7,13H2,1-3H3. The van der Waals surface area contributed by atoms with Crippen LogP contribution in [0, 0.1) is 6.92 Å². The van der Waals surface area contributed by atoms with E-state index in [0.717, 1.165) is 17.1 Å². The van der Waals surface area contributed by atoms with E-state index in [9.17, 15) is 0 Å². The number of thioether (sulfide) groups is 1. The molecule has 2 rings (SSSR count). The van der Waals surface area contributed by atoms with Crippen molar-refractivity contribution in [3.8, 4) is 11.5 Å². The fourth-order valence-electron chi connectivity index (χ4n) is 1.59. The molecule has 2 aromatic rings. The smallest absolute Gasteiger partial charge is 0.210 e. The average molecular weight is 280 g/mol. The number of methoxy groups -OCH3 is 2. The molecule has 7 heteroatoms. The molecule has 1 aromatic heterocycles. The second-order valence-corrected chi connectivity index (χ2v) is 4.81. The van der Waals surface area contributed by atoms with E-state index in [1.165, 1.54) is 16.4 Å². The van der Waals surface area contributed by atoms with E-state index in [-0.39, 0.29) is 0 Å². The molecule has 19 heavy (non-hydrogen) atoms. The van der Waals surface area contributed by atoms with Gasteiger partial charge in [0.2, 0.25) is 5.16 Å². The molecule has 0 atom stereocenters.